The Hall–Kier alpha value is -3.17. The Morgan fingerprint density at radius 1 is 1.03 bits per heavy atom. The SMILES string of the molecule is Cc1nc(NC(=O)O[C@H](C)c2ccccc2Cl)n(-c2ccc(-c3ccc(C4(C(=O)[O-])CC4)cc3)cc2)n1.[Na+]. The van der Waals surface area contributed by atoms with Crippen LogP contribution in [0.1, 0.15) is 42.8 Å². The number of halogens is 1. The van der Waals surface area contributed by atoms with Gasteiger partial charge in [-0.1, -0.05) is 66.2 Å². The number of anilines is 1. The molecule has 1 fully saturated rings. The summed E-state index contributed by atoms with van der Waals surface area (Å²) >= 11 is 6.21. The van der Waals surface area contributed by atoms with Crippen LogP contribution in [-0.4, -0.2) is 26.8 Å². The maximum absolute atomic E-state index is 12.6. The molecular formula is C28H24ClN4NaO4. The van der Waals surface area contributed by atoms with E-state index in [0.717, 1.165) is 16.7 Å². The molecule has 0 bridgehead atoms. The van der Waals surface area contributed by atoms with Crippen LogP contribution in [0.3, 0.4) is 0 Å². The summed E-state index contributed by atoms with van der Waals surface area (Å²) in [4.78, 5) is 28.4. The zero-order valence-electron chi connectivity index (χ0n) is 21.3. The molecule has 1 aromatic heterocycles. The van der Waals surface area contributed by atoms with Gasteiger partial charge in [-0.2, -0.15) is 9.67 Å². The second-order valence-corrected chi connectivity index (χ2v) is 9.49. The molecule has 1 N–H and O–H groups in total. The number of carbonyl (C=O) groups excluding carboxylic acids is 2. The number of hydrogen-bond donors (Lipinski definition) is 1. The quantitative estimate of drug-likeness (QED) is 0.360. The number of benzene rings is 3. The van der Waals surface area contributed by atoms with Crippen molar-refractivity contribution in [1.82, 2.24) is 14.8 Å². The topological polar surface area (TPSA) is 109 Å². The van der Waals surface area contributed by atoms with E-state index in [9.17, 15) is 14.7 Å². The van der Waals surface area contributed by atoms with Crippen molar-refractivity contribution >= 4 is 29.6 Å². The number of carboxylic acids is 1. The number of aryl methyl sites for hydroxylation is 1. The number of amides is 1. The van der Waals surface area contributed by atoms with Crippen molar-refractivity contribution in [1.29, 1.82) is 0 Å². The van der Waals surface area contributed by atoms with Crippen molar-refractivity contribution in [2.45, 2.75) is 38.2 Å². The standard InChI is InChI=1S/C28H25ClN4O4.Na/c1-17(23-5-3-4-6-24(23)29)37-27(36)31-26-30-18(2)32-33(26)22-13-9-20(10-14-22)19-7-11-21(12-8-19)28(15-16-28)25(34)35;/h3-14,17H,15-16H2,1-2H3,(H,34,35)(H,30,31,32,36);/q;+1/p-1/t17-;/m1./s1. The van der Waals surface area contributed by atoms with Gasteiger partial charge in [0.2, 0.25) is 5.95 Å². The Morgan fingerprint density at radius 3 is 2.21 bits per heavy atom. The van der Waals surface area contributed by atoms with Crippen molar-refractivity contribution in [3.63, 3.8) is 0 Å². The molecule has 5 rings (SSSR count). The van der Waals surface area contributed by atoms with E-state index in [1.807, 2.05) is 60.7 Å². The molecule has 4 aromatic rings. The van der Waals surface area contributed by atoms with Crippen molar-refractivity contribution in [3.8, 4) is 16.8 Å². The smallest absolute Gasteiger partial charge is 0.549 e. The van der Waals surface area contributed by atoms with Crippen LogP contribution in [0.15, 0.2) is 72.8 Å². The first-order chi connectivity index (χ1) is 17.8. The summed E-state index contributed by atoms with van der Waals surface area (Å²) < 4.78 is 7.02. The van der Waals surface area contributed by atoms with Gasteiger partial charge in [0, 0.05) is 16.0 Å². The van der Waals surface area contributed by atoms with Crippen LogP contribution in [-0.2, 0) is 14.9 Å². The molecule has 0 aliphatic heterocycles. The first-order valence-electron chi connectivity index (χ1n) is 11.9. The Morgan fingerprint density at radius 2 is 1.63 bits per heavy atom. The maximum Gasteiger partial charge on any atom is 1.00 e. The minimum Gasteiger partial charge on any atom is -0.549 e. The summed E-state index contributed by atoms with van der Waals surface area (Å²) in [6.45, 7) is 3.47. The van der Waals surface area contributed by atoms with Crippen LogP contribution in [0.25, 0.3) is 16.8 Å². The van der Waals surface area contributed by atoms with Gasteiger partial charge in [-0.25, -0.2) is 4.79 Å². The van der Waals surface area contributed by atoms with Crippen LogP contribution in [0.5, 0.6) is 0 Å². The van der Waals surface area contributed by atoms with Crippen LogP contribution < -0.4 is 40.0 Å². The molecule has 10 heteroatoms. The summed E-state index contributed by atoms with van der Waals surface area (Å²) in [5.41, 5.74) is 3.25. The second-order valence-electron chi connectivity index (χ2n) is 9.08. The van der Waals surface area contributed by atoms with Crippen molar-refractivity contribution in [2.24, 2.45) is 0 Å². The van der Waals surface area contributed by atoms with E-state index in [4.69, 9.17) is 16.3 Å². The number of carboxylic acid groups (broad SMARTS) is 1. The Kier molecular flexibility index (Phi) is 8.28. The molecule has 0 unspecified atom stereocenters. The maximum atomic E-state index is 12.6. The molecule has 38 heavy (non-hydrogen) atoms. The molecule has 8 nitrogen and oxygen atoms in total. The fourth-order valence-corrected chi connectivity index (χ4v) is 4.63. The molecule has 1 aliphatic rings. The average molecular weight is 539 g/mol. The summed E-state index contributed by atoms with van der Waals surface area (Å²) in [5, 5.41) is 19.1. The largest absolute Gasteiger partial charge is 1.00 e. The third kappa shape index (κ3) is 5.63. The van der Waals surface area contributed by atoms with E-state index in [0.29, 0.717) is 34.9 Å². The van der Waals surface area contributed by atoms with Crippen molar-refractivity contribution in [3.05, 3.63) is 94.8 Å². The number of nitrogens with zero attached hydrogens (tertiary/aromatic N) is 3. The minimum atomic E-state index is -1.01. The number of carbonyl (C=O) groups is 2. The van der Waals surface area contributed by atoms with E-state index in [2.05, 4.69) is 15.4 Å². The van der Waals surface area contributed by atoms with Gasteiger partial charge in [-0.05, 0) is 61.6 Å². The van der Waals surface area contributed by atoms with Gasteiger partial charge in [0.05, 0.1) is 11.7 Å². The van der Waals surface area contributed by atoms with Crippen molar-refractivity contribution < 1.29 is 49.0 Å². The third-order valence-corrected chi connectivity index (χ3v) is 6.92. The third-order valence-electron chi connectivity index (χ3n) is 6.58. The molecule has 1 aliphatic carbocycles. The fourth-order valence-electron chi connectivity index (χ4n) is 4.34. The summed E-state index contributed by atoms with van der Waals surface area (Å²) in [7, 11) is 0. The Bertz CT molecular complexity index is 1470. The van der Waals surface area contributed by atoms with Crippen molar-refractivity contribution in [2.75, 3.05) is 5.32 Å². The first-order valence-corrected chi connectivity index (χ1v) is 12.2. The Labute approximate surface area is 247 Å². The first kappa shape index (κ1) is 27.9. The van der Waals surface area contributed by atoms with Gasteiger partial charge in [0.15, 0.2) is 0 Å². The molecule has 0 saturated heterocycles. The summed E-state index contributed by atoms with van der Waals surface area (Å²) in [6.07, 6.45) is -0.00581. The molecule has 1 heterocycles. The van der Waals surface area contributed by atoms with Gasteiger partial charge in [0.1, 0.15) is 11.9 Å². The number of hydrogen-bond acceptors (Lipinski definition) is 6. The van der Waals surface area contributed by atoms with Crippen LogP contribution in [0, 0.1) is 6.92 Å². The number of aromatic nitrogens is 3. The van der Waals surface area contributed by atoms with Gasteiger partial charge >= 0.3 is 35.7 Å². The molecular weight excluding hydrogens is 515 g/mol. The predicted octanol–water partition coefficient (Wildman–Crippen LogP) is 1.99. The zero-order valence-corrected chi connectivity index (χ0v) is 24.0. The van der Waals surface area contributed by atoms with Gasteiger partial charge in [-0.3, -0.25) is 5.32 Å². The molecule has 188 valence electrons. The van der Waals surface area contributed by atoms with E-state index in [-0.39, 0.29) is 35.5 Å². The summed E-state index contributed by atoms with van der Waals surface area (Å²) in [6, 6.07) is 22.3. The second kappa shape index (κ2) is 11.3. The average Bonchev–Trinajstić information content (AvgIpc) is 3.62. The molecule has 0 spiro atoms. The number of nitrogens with one attached hydrogen (secondary N) is 1. The van der Waals surface area contributed by atoms with E-state index in [1.165, 1.54) is 4.68 Å². The van der Waals surface area contributed by atoms with E-state index < -0.39 is 23.6 Å². The molecule has 3 aromatic carbocycles. The van der Waals surface area contributed by atoms with Crippen LogP contribution in [0.4, 0.5) is 10.7 Å². The fraction of sp³-hybridized carbons (Fsp3) is 0.214. The number of ether oxygens (including phenoxy) is 1. The molecule has 0 radical (unpaired) electrons. The molecule has 1 saturated carbocycles. The Balaban J connectivity index is 0.00000336. The summed E-state index contributed by atoms with van der Waals surface area (Å²) in [5.74, 6) is -0.307. The van der Waals surface area contributed by atoms with Gasteiger partial charge in [-0.15, -0.1) is 5.10 Å². The minimum absolute atomic E-state index is 0. The number of rotatable bonds is 7. The van der Waals surface area contributed by atoms with Crippen LogP contribution in [0.2, 0.25) is 5.02 Å². The normalized spacial score (nSPS) is 14.2. The predicted molar refractivity (Wildman–Crippen MR) is 137 cm³/mol. The van der Waals surface area contributed by atoms with Gasteiger partial charge in [0.25, 0.3) is 0 Å². The zero-order chi connectivity index (χ0) is 26.2. The van der Waals surface area contributed by atoms with E-state index >= 15 is 0 Å². The van der Waals surface area contributed by atoms with Gasteiger partial charge < -0.3 is 14.6 Å². The molecule has 1 atom stereocenters. The molecule has 1 amide bonds. The number of aliphatic carboxylic acids is 1. The van der Waals surface area contributed by atoms with Crippen LogP contribution >= 0.6 is 11.6 Å². The monoisotopic (exact) mass is 538 g/mol. The van der Waals surface area contributed by atoms with E-state index in [1.54, 1.807) is 26.0 Å².